The Balaban J connectivity index is 2.05. The van der Waals surface area contributed by atoms with Gasteiger partial charge in [-0.3, -0.25) is 14.9 Å². The first-order chi connectivity index (χ1) is 15.0. The number of aromatic carboxylic acids is 1. The second-order valence-electron chi connectivity index (χ2n) is 6.63. The van der Waals surface area contributed by atoms with Gasteiger partial charge in [0.1, 0.15) is 0 Å². The number of ketones is 1. The topological polar surface area (TPSA) is 115 Å². The Hall–Kier alpha value is -4.59. The van der Waals surface area contributed by atoms with Crippen LogP contribution in [-0.4, -0.2) is 31.6 Å². The number of non-ortho nitro benzene ring substituents is 1. The van der Waals surface area contributed by atoms with E-state index in [1.54, 1.807) is 66.7 Å². The smallest absolute Gasteiger partial charge is 0.357 e. The number of nitrogens with zero attached hydrogens (tertiary/aromatic N) is 3. The van der Waals surface area contributed by atoms with Crippen LogP contribution >= 0.6 is 0 Å². The lowest BCUT2D eigenvalue weighted by atomic mass is 9.97. The van der Waals surface area contributed by atoms with Crippen molar-refractivity contribution in [1.29, 1.82) is 0 Å². The molecule has 0 amide bonds. The van der Waals surface area contributed by atoms with Crippen molar-refractivity contribution in [3.63, 3.8) is 0 Å². The SMILES string of the molecule is O=C(O)c1nn(-c2cccc([N+](=O)[O-])c2)c(-c2ccccc2)c1C(=O)c1ccccc1. The highest BCUT2D eigenvalue weighted by molar-refractivity contribution is 6.17. The number of carbonyl (C=O) groups is 2. The quantitative estimate of drug-likeness (QED) is 0.285. The van der Waals surface area contributed by atoms with Crippen LogP contribution in [0.3, 0.4) is 0 Å². The minimum Gasteiger partial charge on any atom is -0.476 e. The van der Waals surface area contributed by atoms with Crippen molar-refractivity contribution in [3.05, 3.63) is 112 Å². The van der Waals surface area contributed by atoms with Crippen LogP contribution in [0.15, 0.2) is 84.9 Å². The molecule has 0 aliphatic heterocycles. The van der Waals surface area contributed by atoms with Crippen molar-refractivity contribution in [2.24, 2.45) is 0 Å². The number of hydrogen-bond acceptors (Lipinski definition) is 5. The molecule has 0 radical (unpaired) electrons. The highest BCUT2D eigenvalue weighted by Gasteiger charge is 2.30. The van der Waals surface area contributed by atoms with Gasteiger partial charge in [-0.1, -0.05) is 66.7 Å². The molecule has 8 nitrogen and oxygen atoms in total. The zero-order chi connectivity index (χ0) is 22.0. The van der Waals surface area contributed by atoms with Gasteiger partial charge in [-0.05, 0) is 6.07 Å². The molecule has 31 heavy (non-hydrogen) atoms. The van der Waals surface area contributed by atoms with Crippen LogP contribution in [0.2, 0.25) is 0 Å². The Bertz CT molecular complexity index is 1300. The summed E-state index contributed by atoms with van der Waals surface area (Å²) in [6.07, 6.45) is 0. The number of carboxylic acids is 1. The number of rotatable bonds is 6. The monoisotopic (exact) mass is 413 g/mol. The average molecular weight is 413 g/mol. The number of carboxylic acid groups (broad SMARTS) is 1. The van der Waals surface area contributed by atoms with E-state index < -0.39 is 22.4 Å². The predicted molar refractivity (Wildman–Crippen MR) is 112 cm³/mol. The summed E-state index contributed by atoms with van der Waals surface area (Å²) in [5.74, 6) is -1.88. The fourth-order valence-electron chi connectivity index (χ4n) is 3.30. The molecule has 4 rings (SSSR count). The zero-order valence-electron chi connectivity index (χ0n) is 16.0. The second kappa shape index (κ2) is 8.03. The molecule has 0 unspecified atom stereocenters. The number of hydrogen-bond donors (Lipinski definition) is 1. The van der Waals surface area contributed by atoms with E-state index in [0.29, 0.717) is 11.1 Å². The van der Waals surface area contributed by atoms with E-state index in [1.165, 1.54) is 22.9 Å². The van der Waals surface area contributed by atoms with Crippen molar-refractivity contribution in [3.8, 4) is 16.9 Å². The number of nitro benzene ring substituents is 1. The van der Waals surface area contributed by atoms with E-state index in [2.05, 4.69) is 5.10 Å². The summed E-state index contributed by atoms with van der Waals surface area (Å²) in [6.45, 7) is 0. The van der Waals surface area contributed by atoms with Crippen molar-refractivity contribution >= 4 is 17.4 Å². The van der Waals surface area contributed by atoms with Crippen LogP contribution in [0, 0.1) is 10.1 Å². The molecule has 3 aromatic carbocycles. The molecule has 0 saturated heterocycles. The van der Waals surface area contributed by atoms with E-state index in [0.717, 1.165) is 0 Å². The molecule has 8 heteroatoms. The molecule has 1 heterocycles. The fraction of sp³-hybridized carbons (Fsp3) is 0. The standard InChI is InChI=1S/C23H15N3O5/c27-22(16-10-5-2-6-11-16)19-20(23(28)29)24-25(21(19)15-8-3-1-4-9-15)17-12-7-13-18(14-17)26(30)31/h1-14H,(H,28,29). The van der Waals surface area contributed by atoms with E-state index in [9.17, 15) is 24.8 Å². The lowest BCUT2D eigenvalue weighted by Crippen LogP contribution is -2.09. The average Bonchev–Trinajstić information content (AvgIpc) is 3.21. The maximum absolute atomic E-state index is 13.4. The fourth-order valence-corrected chi connectivity index (χ4v) is 3.30. The van der Waals surface area contributed by atoms with Crippen molar-refractivity contribution < 1.29 is 19.6 Å². The van der Waals surface area contributed by atoms with Gasteiger partial charge in [-0.2, -0.15) is 5.10 Å². The molecule has 4 aromatic rings. The van der Waals surface area contributed by atoms with Gasteiger partial charge in [-0.25, -0.2) is 9.48 Å². The molecule has 0 spiro atoms. The third kappa shape index (κ3) is 3.69. The van der Waals surface area contributed by atoms with E-state index in [1.807, 2.05) is 0 Å². The normalized spacial score (nSPS) is 10.6. The Morgan fingerprint density at radius 1 is 0.903 bits per heavy atom. The highest BCUT2D eigenvalue weighted by Crippen LogP contribution is 2.32. The molecule has 0 aliphatic carbocycles. The number of carbonyl (C=O) groups excluding carboxylic acids is 1. The lowest BCUT2D eigenvalue weighted by Gasteiger charge is -2.10. The molecule has 0 atom stereocenters. The third-order valence-corrected chi connectivity index (χ3v) is 4.68. The van der Waals surface area contributed by atoms with E-state index >= 15 is 0 Å². The van der Waals surface area contributed by atoms with Crippen LogP contribution < -0.4 is 0 Å². The van der Waals surface area contributed by atoms with Crippen molar-refractivity contribution in [1.82, 2.24) is 9.78 Å². The summed E-state index contributed by atoms with van der Waals surface area (Å²) >= 11 is 0. The first-order valence-electron chi connectivity index (χ1n) is 9.23. The summed E-state index contributed by atoms with van der Waals surface area (Å²) < 4.78 is 1.27. The molecule has 1 N–H and O–H groups in total. The van der Waals surface area contributed by atoms with Gasteiger partial charge in [0.05, 0.1) is 21.9 Å². The molecule has 0 saturated carbocycles. The first-order valence-corrected chi connectivity index (χ1v) is 9.23. The van der Waals surface area contributed by atoms with Gasteiger partial charge in [-0.15, -0.1) is 0 Å². The summed E-state index contributed by atoms with van der Waals surface area (Å²) in [5.41, 5.74) is 0.666. The molecular weight excluding hydrogens is 398 g/mol. The first kappa shape index (κ1) is 19.7. The van der Waals surface area contributed by atoms with Gasteiger partial charge in [0.25, 0.3) is 5.69 Å². The summed E-state index contributed by atoms with van der Waals surface area (Å²) in [6, 6.07) is 22.7. The number of benzene rings is 3. The van der Waals surface area contributed by atoms with Crippen LogP contribution in [0.1, 0.15) is 26.4 Å². The van der Waals surface area contributed by atoms with Gasteiger partial charge in [0.15, 0.2) is 11.5 Å². The van der Waals surface area contributed by atoms with Crippen molar-refractivity contribution in [2.75, 3.05) is 0 Å². The molecule has 0 aliphatic rings. The minimum absolute atomic E-state index is 0.0867. The Morgan fingerprint density at radius 2 is 1.55 bits per heavy atom. The highest BCUT2D eigenvalue weighted by atomic mass is 16.6. The lowest BCUT2D eigenvalue weighted by molar-refractivity contribution is -0.384. The molecule has 0 bridgehead atoms. The van der Waals surface area contributed by atoms with Gasteiger partial charge in [0, 0.05) is 23.3 Å². The summed E-state index contributed by atoms with van der Waals surface area (Å²) in [7, 11) is 0. The van der Waals surface area contributed by atoms with Crippen LogP contribution in [0.5, 0.6) is 0 Å². The Kier molecular flexibility index (Phi) is 5.11. The molecule has 0 fully saturated rings. The zero-order valence-corrected chi connectivity index (χ0v) is 16.0. The van der Waals surface area contributed by atoms with Crippen LogP contribution in [-0.2, 0) is 0 Å². The molecule has 1 aromatic heterocycles. The van der Waals surface area contributed by atoms with E-state index in [-0.39, 0.29) is 22.6 Å². The van der Waals surface area contributed by atoms with Gasteiger partial charge in [0.2, 0.25) is 0 Å². The second-order valence-corrected chi connectivity index (χ2v) is 6.63. The number of aromatic nitrogens is 2. The van der Waals surface area contributed by atoms with Crippen LogP contribution in [0.25, 0.3) is 16.9 Å². The Labute approximate surface area is 176 Å². The van der Waals surface area contributed by atoms with Gasteiger partial charge >= 0.3 is 5.97 Å². The van der Waals surface area contributed by atoms with Crippen LogP contribution in [0.4, 0.5) is 5.69 Å². The maximum atomic E-state index is 13.4. The summed E-state index contributed by atoms with van der Waals surface area (Å²) in [5, 5.41) is 25.2. The van der Waals surface area contributed by atoms with Gasteiger partial charge < -0.3 is 5.11 Å². The van der Waals surface area contributed by atoms with Crippen molar-refractivity contribution in [2.45, 2.75) is 0 Å². The minimum atomic E-state index is -1.37. The van der Waals surface area contributed by atoms with E-state index in [4.69, 9.17) is 0 Å². The number of nitro groups is 1. The molecular formula is C23H15N3O5. The summed E-state index contributed by atoms with van der Waals surface area (Å²) in [4.78, 5) is 36.1. The third-order valence-electron chi connectivity index (χ3n) is 4.68. The largest absolute Gasteiger partial charge is 0.476 e. The molecule has 152 valence electrons. The Morgan fingerprint density at radius 3 is 2.16 bits per heavy atom. The maximum Gasteiger partial charge on any atom is 0.357 e. The predicted octanol–water partition coefficient (Wildman–Crippen LogP) is 4.38.